The van der Waals surface area contributed by atoms with E-state index in [9.17, 15) is 19.7 Å². The maximum Gasteiger partial charge on any atom is 0.304 e. The highest BCUT2D eigenvalue weighted by molar-refractivity contribution is 8.27. The summed E-state index contributed by atoms with van der Waals surface area (Å²) in [5.74, 6) is -1.57. The van der Waals surface area contributed by atoms with Crippen molar-refractivity contribution in [1.29, 1.82) is 0 Å². The Hall–Kier alpha value is -2.49. The van der Waals surface area contributed by atoms with Crippen LogP contribution in [-0.4, -0.2) is 26.0 Å². The molecule has 2 heterocycles. The van der Waals surface area contributed by atoms with Crippen molar-refractivity contribution >= 4 is 63.3 Å². The van der Waals surface area contributed by atoms with E-state index in [2.05, 4.69) is 0 Å². The summed E-state index contributed by atoms with van der Waals surface area (Å²) in [5, 5.41) is 19.9. The summed E-state index contributed by atoms with van der Waals surface area (Å²) in [5.41, 5.74) is 0.217. The smallest absolute Gasteiger partial charge is 0.304 e. The molecule has 7 nitrogen and oxygen atoms in total. The highest BCUT2D eigenvalue weighted by Crippen LogP contribution is 2.38. The van der Waals surface area contributed by atoms with Crippen LogP contribution >= 0.6 is 35.6 Å². The van der Waals surface area contributed by atoms with Crippen molar-refractivity contribution in [2.24, 2.45) is 5.92 Å². The summed E-state index contributed by atoms with van der Waals surface area (Å²) in [6, 6.07) is 7.49. The van der Waals surface area contributed by atoms with Gasteiger partial charge in [-0.15, -0.1) is 0 Å². The number of hydrogen-bond acceptors (Lipinski definition) is 7. The zero-order valence-electron chi connectivity index (χ0n) is 13.4. The van der Waals surface area contributed by atoms with Gasteiger partial charge in [-0.3, -0.25) is 19.7 Å². The van der Waals surface area contributed by atoms with Crippen LogP contribution in [0.2, 0.25) is 5.02 Å². The van der Waals surface area contributed by atoms with Gasteiger partial charge in [0.25, 0.3) is 5.69 Å². The maximum absolute atomic E-state index is 12.3. The minimum absolute atomic E-state index is 0.0172. The summed E-state index contributed by atoms with van der Waals surface area (Å²) in [6.07, 6.45) is 1.13. The molecule has 0 saturated carbocycles. The first-order valence-corrected chi connectivity index (χ1v) is 9.10. The average molecular weight is 424 g/mol. The quantitative estimate of drug-likeness (QED) is 0.322. The predicted molar refractivity (Wildman–Crippen MR) is 105 cm³/mol. The number of ketones is 1. The summed E-state index contributed by atoms with van der Waals surface area (Å²) in [6.45, 7) is 0. The van der Waals surface area contributed by atoms with Crippen LogP contribution in [0.4, 0.5) is 5.69 Å². The van der Waals surface area contributed by atoms with Crippen molar-refractivity contribution in [1.82, 2.24) is 0 Å². The number of carboxylic acid groups (broad SMARTS) is 1. The molecule has 10 heteroatoms. The minimum atomic E-state index is -1.10. The molecule has 1 unspecified atom stereocenters. The van der Waals surface area contributed by atoms with Crippen LogP contribution in [0.5, 0.6) is 0 Å². The van der Waals surface area contributed by atoms with E-state index in [1.165, 1.54) is 18.2 Å². The molecule has 1 aliphatic rings. The monoisotopic (exact) mass is 423 g/mol. The molecule has 1 fully saturated rings. The number of allylic oxidation sites excluding steroid dienone is 1. The molecule has 1 N–H and O–H groups in total. The molecule has 0 spiro atoms. The van der Waals surface area contributed by atoms with Crippen LogP contribution in [0.15, 0.2) is 39.7 Å². The molecule has 138 valence electrons. The lowest BCUT2D eigenvalue weighted by Gasteiger charge is -2.01. The van der Waals surface area contributed by atoms with Gasteiger partial charge in [0.05, 0.1) is 26.4 Å². The number of furan rings is 1. The zero-order chi connectivity index (χ0) is 19.7. The fourth-order valence-corrected chi connectivity index (χ4v) is 4.09. The number of rotatable bonds is 5. The number of aliphatic carboxylic acids is 1. The third kappa shape index (κ3) is 4.10. The molecular weight excluding hydrogens is 414 g/mol. The van der Waals surface area contributed by atoms with E-state index in [1.807, 2.05) is 0 Å². The lowest BCUT2D eigenvalue weighted by molar-refractivity contribution is -0.384. The van der Waals surface area contributed by atoms with Gasteiger partial charge in [-0.25, -0.2) is 0 Å². The Kier molecular flexibility index (Phi) is 5.45. The van der Waals surface area contributed by atoms with E-state index in [0.717, 1.165) is 11.8 Å². The van der Waals surface area contributed by atoms with Gasteiger partial charge in [0.1, 0.15) is 16.5 Å². The topological polar surface area (TPSA) is 111 Å². The number of carbonyl (C=O) groups excluding carboxylic acids is 1. The first-order chi connectivity index (χ1) is 12.8. The van der Waals surface area contributed by atoms with Crippen LogP contribution in [0.1, 0.15) is 12.2 Å². The number of nitro groups is 1. The molecule has 0 aliphatic carbocycles. The molecule has 3 rings (SSSR count). The molecule has 1 atom stereocenters. The Balaban J connectivity index is 1.87. The Morgan fingerprint density at radius 3 is 2.81 bits per heavy atom. The summed E-state index contributed by atoms with van der Waals surface area (Å²) < 4.78 is 5.95. The normalized spacial score (nSPS) is 18.3. The zero-order valence-corrected chi connectivity index (χ0v) is 15.8. The van der Waals surface area contributed by atoms with Crippen molar-refractivity contribution in [3.63, 3.8) is 0 Å². The minimum Gasteiger partial charge on any atom is -0.481 e. The lowest BCUT2D eigenvalue weighted by Crippen LogP contribution is -2.17. The third-order valence-electron chi connectivity index (χ3n) is 3.76. The Labute approximate surface area is 167 Å². The van der Waals surface area contributed by atoms with Gasteiger partial charge in [-0.1, -0.05) is 35.6 Å². The number of Topliss-reactive ketones (excluding diaryl/α,β-unsaturated/α-hetero) is 1. The molecule has 1 aromatic carbocycles. The molecule has 0 bridgehead atoms. The van der Waals surface area contributed by atoms with E-state index in [4.69, 9.17) is 33.3 Å². The maximum atomic E-state index is 12.3. The van der Waals surface area contributed by atoms with Gasteiger partial charge in [-0.05, 0) is 30.3 Å². The van der Waals surface area contributed by atoms with Gasteiger partial charge >= 0.3 is 5.97 Å². The average Bonchev–Trinajstić information content (AvgIpc) is 3.15. The molecule has 1 saturated heterocycles. The van der Waals surface area contributed by atoms with Crippen LogP contribution in [0.25, 0.3) is 17.4 Å². The Morgan fingerprint density at radius 1 is 1.41 bits per heavy atom. The second-order valence-corrected chi connectivity index (χ2v) is 7.76. The second-order valence-electron chi connectivity index (χ2n) is 5.57. The number of nitro benzene ring substituents is 1. The van der Waals surface area contributed by atoms with E-state index < -0.39 is 16.8 Å². The van der Waals surface area contributed by atoms with Crippen LogP contribution in [-0.2, 0) is 9.59 Å². The number of thiocarbonyl (C=S) groups is 1. The summed E-state index contributed by atoms with van der Waals surface area (Å²) in [4.78, 5) is 33.9. The van der Waals surface area contributed by atoms with E-state index in [0.29, 0.717) is 26.2 Å². The van der Waals surface area contributed by atoms with Crippen molar-refractivity contribution in [2.45, 2.75) is 6.42 Å². The van der Waals surface area contributed by atoms with Gasteiger partial charge in [0.15, 0.2) is 5.78 Å². The number of benzene rings is 1. The number of halogens is 1. The first-order valence-electron chi connectivity index (χ1n) is 7.50. The summed E-state index contributed by atoms with van der Waals surface area (Å²) in [7, 11) is 0. The third-order valence-corrected chi connectivity index (χ3v) is 5.64. The fraction of sp³-hybridized carbons (Fsp3) is 0.118. The Morgan fingerprint density at radius 2 is 2.15 bits per heavy atom. The van der Waals surface area contributed by atoms with Crippen molar-refractivity contribution < 1.29 is 24.0 Å². The number of carbonyl (C=O) groups is 2. The SMILES string of the molecule is O=C(O)CC1C(=O)C(=Cc2ccc(-c3ccc(Cl)c([N+](=O)[O-])c3)o2)SC1=S. The molecule has 0 radical (unpaired) electrons. The van der Waals surface area contributed by atoms with Gasteiger partial charge < -0.3 is 9.52 Å². The van der Waals surface area contributed by atoms with Crippen LogP contribution < -0.4 is 0 Å². The van der Waals surface area contributed by atoms with Crippen molar-refractivity contribution in [3.05, 3.63) is 56.1 Å². The summed E-state index contributed by atoms with van der Waals surface area (Å²) >= 11 is 11.9. The van der Waals surface area contributed by atoms with Crippen LogP contribution in [0.3, 0.4) is 0 Å². The number of thioether (sulfide) groups is 1. The van der Waals surface area contributed by atoms with Crippen molar-refractivity contribution in [2.75, 3.05) is 0 Å². The largest absolute Gasteiger partial charge is 0.481 e. The molecule has 0 amide bonds. The number of nitrogens with zero attached hydrogens (tertiary/aromatic N) is 1. The van der Waals surface area contributed by atoms with Gasteiger partial charge in [-0.2, -0.15) is 0 Å². The standard InChI is InChI=1S/C17H10ClNO6S2/c18-11-3-1-8(5-12(11)19(23)24)13-4-2-9(25-13)6-14-16(22)10(7-15(20)21)17(26)27-14/h1-6,10H,7H2,(H,20,21). The number of carboxylic acids is 1. The highest BCUT2D eigenvalue weighted by atomic mass is 35.5. The number of hydrogen-bond donors (Lipinski definition) is 1. The van der Waals surface area contributed by atoms with Crippen LogP contribution in [0, 0.1) is 16.0 Å². The van der Waals surface area contributed by atoms with Gasteiger partial charge in [0, 0.05) is 11.6 Å². The van der Waals surface area contributed by atoms with E-state index in [1.54, 1.807) is 18.2 Å². The molecule has 1 aromatic heterocycles. The molecule has 27 heavy (non-hydrogen) atoms. The highest BCUT2D eigenvalue weighted by Gasteiger charge is 2.36. The van der Waals surface area contributed by atoms with Crippen molar-refractivity contribution in [3.8, 4) is 11.3 Å². The first kappa shape index (κ1) is 19.3. The molecule has 2 aromatic rings. The molecule has 1 aliphatic heterocycles. The molecular formula is C17H10ClNO6S2. The fourth-order valence-electron chi connectivity index (χ4n) is 2.48. The lowest BCUT2D eigenvalue weighted by atomic mass is 10.0. The Bertz CT molecular complexity index is 1010. The second kappa shape index (κ2) is 7.63. The van der Waals surface area contributed by atoms with Gasteiger partial charge in [0.2, 0.25) is 0 Å². The van der Waals surface area contributed by atoms with E-state index >= 15 is 0 Å². The van der Waals surface area contributed by atoms with E-state index in [-0.39, 0.29) is 22.9 Å². The predicted octanol–water partition coefficient (Wildman–Crippen LogP) is 4.58.